The molecule has 0 radical (unpaired) electrons. The maximum Gasteiger partial charge on any atom is 0.411 e. The maximum atomic E-state index is 12.6. The van der Waals surface area contributed by atoms with Gasteiger partial charge < -0.3 is 31.5 Å². The Balaban J connectivity index is 1.74. The van der Waals surface area contributed by atoms with Crippen LogP contribution in [0.3, 0.4) is 0 Å². The van der Waals surface area contributed by atoms with E-state index in [1.807, 2.05) is 0 Å². The molecule has 1 aliphatic carbocycles. The fourth-order valence-electron chi connectivity index (χ4n) is 3.32. The van der Waals surface area contributed by atoms with E-state index in [-0.39, 0.29) is 12.0 Å². The summed E-state index contributed by atoms with van der Waals surface area (Å²) < 4.78 is 6.01. The molecule has 0 spiro atoms. The Morgan fingerprint density at radius 2 is 1.71 bits per heavy atom. The molecule has 3 atom stereocenters. The first-order valence-electron chi connectivity index (χ1n) is 10.5. The number of para-hydroxylation sites is 2. The molecule has 0 aliphatic heterocycles. The largest absolute Gasteiger partial charge is 0.443 e. The van der Waals surface area contributed by atoms with Crippen LogP contribution < -0.4 is 27.0 Å². The Bertz CT molecular complexity index is 1130. The molecule has 3 unspecified atom stereocenters. The number of hydrogen-bond donors (Lipinski definition) is 6. The third-order valence-electron chi connectivity index (χ3n) is 4.96. The molecular weight excluding hydrogens is 522 g/mol. The molecule has 0 saturated carbocycles. The van der Waals surface area contributed by atoms with E-state index in [1.54, 1.807) is 54.6 Å². The molecule has 2 aromatic carbocycles. The van der Waals surface area contributed by atoms with Gasteiger partial charge in [0.1, 0.15) is 12.2 Å². The molecule has 7 N–H and O–H groups in total. The molecule has 0 bridgehead atoms. The number of rotatable bonds is 7. The van der Waals surface area contributed by atoms with Gasteiger partial charge in [-0.2, -0.15) is 0 Å². The quantitative estimate of drug-likeness (QED) is 0.309. The second-order valence-electron chi connectivity index (χ2n) is 7.57. The van der Waals surface area contributed by atoms with Gasteiger partial charge in [-0.05, 0) is 40.2 Å². The highest BCUT2D eigenvalue weighted by molar-refractivity contribution is 9.10. The monoisotopic (exact) mass is 545 g/mol. The second kappa shape index (κ2) is 12.0. The molecule has 0 saturated heterocycles. The molecule has 2 aromatic rings. The van der Waals surface area contributed by atoms with E-state index in [9.17, 15) is 24.3 Å². The first-order valence-corrected chi connectivity index (χ1v) is 11.3. The smallest absolute Gasteiger partial charge is 0.411 e. The number of nitrogens with two attached hydrogens (primary N) is 1. The molecule has 35 heavy (non-hydrogen) atoms. The molecular formula is C23H24BrN5O6. The number of anilines is 2. The summed E-state index contributed by atoms with van der Waals surface area (Å²) in [6, 6.07) is 13.7. The second-order valence-corrected chi connectivity index (χ2v) is 8.43. The minimum absolute atomic E-state index is 0.0975. The number of carbonyl (C=O) groups is 4. The summed E-state index contributed by atoms with van der Waals surface area (Å²) >= 11 is 3.32. The summed E-state index contributed by atoms with van der Waals surface area (Å²) in [5.74, 6) is -1.39. The zero-order chi connectivity index (χ0) is 25.4. The van der Waals surface area contributed by atoms with Crippen molar-refractivity contribution >= 4 is 51.2 Å². The predicted octanol–water partition coefficient (Wildman–Crippen LogP) is 1.85. The van der Waals surface area contributed by atoms with Crippen molar-refractivity contribution in [1.29, 1.82) is 0 Å². The van der Waals surface area contributed by atoms with Crippen molar-refractivity contribution in [3.05, 3.63) is 70.7 Å². The van der Waals surface area contributed by atoms with Crippen LogP contribution in [0.2, 0.25) is 0 Å². The Kier molecular flexibility index (Phi) is 8.81. The van der Waals surface area contributed by atoms with Crippen molar-refractivity contribution in [2.45, 2.75) is 24.7 Å². The van der Waals surface area contributed by atoms with Gasteiger partial charge in [-0.25, -0.2) is 9.59 Å². The van der Waals surface area contributed by atoms with Crippen LogP contribution >= 0.6 is 15.9 Å². The van der Waals surface area contributed by atoms with Crippen molar-refractivity contribution in [3.63, 3.8) is 0 Å². The average Bonchev–Trinajstić information content (AvgIpc) is 2.82. The number of hydrogen-bond acceptors (Lipinski definition) is 6. The van der Waals surface area contributed by atoms with E-state index in [0.717, 1.165) is 0 Å². The van der Waals surface area contributed by atoms with Crippen molar-refractivity contribution in [2.24, 2.45) is 5.73 Å². The van der Waals surface area contributed by atoms with E-state index < -0.39 is 48.7 Å². The van der Waals surface area contributed by atoms with Crippen LogP contribution in [0, 0.1) is 0 Å². The van der Waals surface area contributed by atoms with Crippen LogP contribution in [0.5, 0.6) is 0 Å². The third kappa shape index (κ3) is 7.55. The van der Waals surface area contributed by atoms with Crippen LogP contribution in [-0.2, 0) is 14.3 Å². The highest BCUT2D eigenvalue weighted by Gasteiger charge is 2.37. The molecule has 1 aliphatic rings. The molecule has 0 heterocycles. The van der Waals surface area contributed by atoms with E-state index in [1.165, 1.54) is 6.08 Å². The van der Waals surface area contributed by atoms with E-state index in [4.69, 9.17) is 10.5 Å². The SMILES string of the molecule is NC(=O)CNC(=O)C1=CC(NC(=O)Nc2ccccc2Br)C(O)C(OC(=O)Nc2ccccc2)C1. The lowest BCUT2D eigenvalue weighted by molar-refractivity contribution is -0.123. The van der Waals surface area contributed by atoms with E-state index in [2.05, 4.69) is 37.2 Å². The first-order chi connectivity index (χ1) is 16.7. The van der Waals surface area contributed by atoms with Crippen LogP contribution in [-0.4, -0.2) is 53.8 Å². The normalized spacial score (nSPS) is 19.0. The van der Waals surface area contributed by atoms with Gasteiger partial charge in [0.05, 0.1) is 18.3 Å². The average molecular weight is 546 g/mol. The number of aliphatic hydroxyl groups is 1. The number of halogens is 1. The van der Waals surface area contributed by atoms with Gasteiger partial charge in [0.2, 0.25) is 11.8 Å². The highest BCUT2D eigenvalue weighted by atomic mass is 79.9. The number of benzene rings is 2. The fourth-order valence-corrected chi connectivity index (χ4v) is 3.70. The Morgan fingerprint density at radius 1 is 1.03 bits per heavy atom. The Morgan fingerprint density at radius 3 is 2.40 bits per heavy atom. The van der Waals surface area contributed by atoms with Gasteiger partial charge >= 0.3 is 12.1 Å². The van der Waals surface area contributed by atoms with Crippen molar-refractivity contribution in [3.8, 4) is 0 Å². The van der Waals surface area contributed by atoms with Gasteiger partial charge in [0.25, 0.3) is 0 Å². The predicted molar refractivity (Wildman–Crippen MR) is 131 cm³/mol. The van der Waals surface area contributed by atoms with Gasteiger partial charge in [-0.3, -0.25) is 14.9 Å². The highest BCUT2D eigenvalue weighted by Crippen LogP contribution is 2.24. The maximum absolute atomic E-state index is 12.6. The zero-order valence-electron chi connectivity index (χ0n) is 18.4. The van der Waals surface area contributed by atoms with Crippen LogP contribution in [0.1, 0.15) is 6.42 Å². The molecule has 12 heteroatoms. The Labute approximate surface area is 209 Å². The van der Waals surface area contributed by atoms with Gasteiger partial charge in [-0.15, -0.1) is 0 Å². The molecule has 184 valence electrons. The van der Waals surface area contributed by atoms with E-state index in [0.29, 0.717) is 15.8 Å². The summed E-state index contributed by atoms with van der Waals surface area (Å²) in [6.07, 6.45) is -2.20. The third-order valence-corrected chi connectivity index (χ3v) is 5.66. The molecule has 5 amide bonds. The molecule has 0 fully saturated rings. The molecule has 0 aromatic heterocycles. The number of ether oxygens (including phenoxy) is 1. The lowest BCUT2D eigenvalue weighted by atomic mass is 9.90. The lowest BCUT2D eigenvalue weighted by Crippen LogP contribution is -2.53. The Hall–Kier alpha value is -3.90. The number of carbonyl (C=O) groups excluding carboxylic acids is 4. The first kappa shape index (κ1) is 25.7. The van der Waals surface area contributed by atoms with Crippen molar-refractivity contribution < 1.29 is 29.0 Å². The number of nitrogens with one attached hydrogen (secondary N) is 4. The summed E-state index contributed by atoms with van der Waals surface area (Å²) in [4.78, 5) is 48.5. The number of amides is 5. The van der Waals surface area contributed by atoms with Crippen LogP contribution in [0.25, 0.3) is 0 Å². The fraction of sp³-hybridized carbons (Fsp3) is 0.217. The van der Waals surface area contributed by atoms with Crippen molar-refractivity contribution in [2.75, 3.05) is 17.2 Å². The van der Waals surface area contributed by atoms with Crippen LogP contribution in [0.15, 0.2) is 70.7 Å². The van der Waals surface area contributed by atoms with Crippen LogP contribution in [0.4, 0.5) is 21.0 Å². The summed E-state index contributed by atoms with van der Waals surface area (Å²) in [7, 11) is 0. The van der Waals surface area contributed by atoms with Gasteiger partial charge in [-0.1, -0.05) is 36.4 Å². The lowest BCUT2D eigenvalue weighted by Gasteiger charge is -2.33. The number of aliphatic hydroxyl groups excluding tert-OH is 1. The number of primary amides is 1. The summed E-state index contributed by atoms with van der Waals surface area (Å²) in [6.45, 7) is -0.403. The topological polar surface area (TPSA) is 172 Å². The minimum atomic E-state index is -1.37. The van der Waals surface area contributed by atoms with E-state index >= 15 is 0 Å². The molecule has 11 nitrogen and oxygen atoms in total. The van der Waals surface area contributed by atoms with Gasteiger partial charge in [0.15, 0.2) is 0 Å². The van der Waals surface area contributed by atoms with Crippen molar-refractivity contribution in [1.82, 2.24) is 10.6 Å². The molecule has 3 rings (SSSR count). The number of urea groups is 1. The summed E-state index contributed by atoms with van der Waals surface area (Å²) in [5.41, 5.74) is 6.13. The zero-order valence-corrected chi connectivity index (χ0v) is 19.9. The standard InChI is InChI=1S/C23H24BrN5O6/c24-15-8-4-5-9-16(15)28-22(33)29-17-10-13(21(32)26-12-19(25)30)11-18(20(17)31)35-23(34)27-14-6-2-1-3-7-14/h1-10,17-18,20,31H,11-12H2,(H2,25,30)(H,26,32)(H,27,34)(H2,28,29,33). The summed E-state index contributed by atoms with van der Waals surface area (Å²) in [5, 5.41) is 20.9. The minimum Gasteiger partial charge on any atom is -0.443 e. The van der Waals surface area contributed by atoms with Gasteiger partial charge in [0, 0.05) is 22.2 Å².